The third-order valence-electron chi connectivity index (χ3n) is 2.47. The van der Waals surface area contributed by atoms with Gasteiger partial charge in [0, 0.05) is 31.4 Å². The molecule has 0 saturated carbocycles. The van der Waals surface area contributed by atoms with Crippen LogP contribution in [0.25, 0.3) is 0 Å². The molecule has 0 bridgehead atoms. The molecule has 0 aliphatic carbocycles. The van der Waals surface area contributed by atoms with E-state index in [-0.39, 0.29) is 0 Å². The maximum absolute atomic E-state index is 4.33. The number of nitrogens with zero attached hydrogens (tertiary/aromatic N) is 2. The van der Waals surface area contributed by atoms with Gasteiger partial charge in [0.2, 0.25) is 0 Å². The summed E-state index contributed by atoms with van der Waals surface area (Å²) in [6.45, 7) is 8.00. The molecule has 0 amide bonds. The summed E-state index contributed by atoms with van der Waals surface area (Å²) in [5.74, 6) is 0. The number of rotatable bonds is 4. The van der Waals surface area contributed by atoms with Crippen LogP contribution in [0.1, 0.15) is 38.8 Å². The average molecular weight is 285 g/mol. The largest absolute Gasteiger partial charge is 0.313 e. The van der Waals surface area contributed by atoms with Gasteiger partial charge in [0.1, 0.15) is 0 Å². The average Bonchev–Trinajstić information content (AvgIpc) is 2.60. The van der Waals surface area contributed by atoms with E-state index in [9.17, 15) is 0 Å². The van der Waals surface area contributed by atoms with Crippen LogP contribution in [0.5, 0.6) is 0 Å². The van der Waals surface area contributed by atoms with Crippen LogP contribution >= 0.6 is 0 Å². The molecule has 1 N–H and O–H groups in total. The van der Waals surface area contributed by atoms with Gasteiger partial charge in [-0.15, -0.1) is 0 Å². The molecule has 1 aromatic carbocycles. The summed E-state index contributed by atoms with van der Waals surface area (Å²) >= 11 is 0. The second kappa shape index (κ2) is 12.9. The first-order valence-corrected chi connectivity index (χ1v) is 7.58. The molecule has 0 fully saturated rings. The Labute approximate surface area is 129 Å². The molecule has 21 heavy (non-hydrogen) atoms. The highest BCUT2D eigenvalue weighted by Crippen LogP contribution is 2.07. The quantitative estimate of drug-likeness (QED) is 0.671. The maximum Gasteiger partial charge on any atom is 0.0719 e. The van der Waals surface area contributed by atoms with E-state index in [0.717, 1.165) is 17.7 Å². The fraction of sp³-hybridized carbons (Fsp3) is 0.333. The SMILES string of the molecule is CC.CC.CN/N=C(/Cc1ccccc1)c1ccncc1. The number of aromatic nitrogens is 1. The highest BCUT2D eigenvalue weighted by atomic mass is 15.3. The Morgan fingerprint density at radius 2 is 1.52 bits per heavy atom. The lowest BCUT2D eigenvalue weighted by Gasteiger charge is -2.06. The summed E-state index contributed by atoms with van der Waals surface area (Å²) in [6.07, 6.45) is 4.38. The Morgan fingerprint density at radius 3 is 2.05 bits per heavy atom. The molecule has 3 nitrogen and oxygen atoms in total. The van der Waals surface area contributed by atoms with Crippen molar-refractivity contribution < 1.29 is 0 Å². The van der Waals surface area contributed by atoms with Crippen molar-refractivity contribution in [2.45, 2.75) is 34.1 Å². The van der Waals surface area contributed by atoms with Crippen LogP contribution < -0.4 is 5.43 Å². The van der Waals surface area contributed by atoms with Crippen molar-refractivity contribution in [3.05, 3.63) is 66.0 Å². The van der Waals surface area contributed by atoms with Crippen LogP contribution in [0.2, 0.25) is 0 Å². The minimum absolute atomic E-state index is 0.811. The molecule has 0 aliphatic rings. The zero-order chi connectivity index (χ0) is 15.9. The molecule has 2 aromatic rings. The van der Waals surface area contributed by atoms with Gasteiger partial charge >= 0.3 is 0 Å². The van der Waals surface area contributed by atoms with Crippen molar-refractivity contribution >= 4 is 5.71 Å². The van der Waals surface area contributed by atoms with Gasteiger partial charge in [-0.2, -0.15) is 5.10 Å². The molecule has 1 aromatic heterocycles. The number of pyridine rings is 1. The van der Waals surface area contributed by atoms with E-state index in [1.165, 1.54) is 5.56 Å². The third kappa shape index (κ3) is 7.25. The lowest BCUT2D eigenvalue weighted by atomic mass is 10.0. The van der Waals surface area contributed by atoms with E-state index in [1.807, 2.05) is 65.1 Å². The molecule has 0 saturated heterocycles. The van der Waals surface area contributed by atoms with Gasteiger partial charge in [0.25, 0.3) is 0 Å². The van der Waals surface area contributed by atoms with E-state index in [2.05, 4.69) is 27.6 Å². The Bertz CT molecular complexity index is 478. The van der Waals surface area contributed by atoms with Gasteiger partial charge < -0.3 is 5.43 Å². The van der Waals surface area contributed by atoms with E-state index in [4.69, 9.17) is 0 Å². The molecule has 0 radical (unpaired) electrons. The lowest BCUT2D eigenvalue weighted by molar-refractivity contribution is 0.894. The summed E-state index contributed by atoms with van der Waals surface area (Å²) in [7, 11) is 1.81. The first-order valence-electron chi connectivity index (χ1n) is 7.58. The third-order valence-corrected chi connectivity index (χ3v) is 2.47. The van der Waals surface area contributed by atoms with Crippen LogP contribution in [0.15, 0.2) is 60.0 Å². The molecule has 2 rings (SSSR count). The van der Waals surface area contributed by atoms with Crippen LogP contribution in [-0.2, 0) is 6.42 Å². The summed E-state index contributed by atoms with van der Waals surface area (Å²) in [5, 5.41) is 4.33. The molecule has 0 atom stereocenters. The summed E-state index contributed by atoms with van der Waals surface area (Å²) in [6, 6.07) is 14.2. The fourth-order valence-corrected chi connectivity index (χ4v) is 1.67. The maximum atomic E-state index is 4.33. The molecule has 0 spiro atoms. The van der Waals surface area contributed by atoms with Crippen molar-refractivity contribution in [3.63, 3.8) is 0 Å². The smallest absolute Gasteiger partial charge is 0.0719 e. The highest BCUT2D eigenvalue weighted by molar-refractivity contribution is 6.01. The molecule has 0 aliphatic heterocycles. The first kappa shape index (κ1) is 18.8. The van der Waals surface area contributed by atoms with E-state index >= 15 is 0 Å². The Morgan fingerprint density at radius 1 is 0.952 bits per heavy atom. The molecular weight excluding hydrogens is 258 g/mol. The van der Waals surface area contributed by atoms with Crippen molar-refractivity contribution in [2.75, 3.05) is 7.05 Å². The number of benzene rings is 1. The van der Waals surface area contributed by atoms with Crippen molar-refractivity contribution in [1.82, 2.24) is 10.4 Å². The number of hydrazone groups is 1. The Balaban J connectivity index is 0.000000921. The number of hydrogen-bond acceptors (Lipinski definition) is 3. The highest BCUT2D eigenvalue weighted by Gasteiger charge is 2.04. The topological polar surface area (TPSA) is 37.3 Å². The predicted molar refractivity (Wildman–Crippen MR) is 92.7 cm³/mol. The van der Waals surface area contributed by atoms with Crippen molar-refractivity contribution in [1.29, 1.82) is 0 Å². The standard InChI is InChI=1S/C14H15N3.2C2H6/c1-15-17-14(13-7-9-16-10-8-13)11-12-5-3-2-4-6-12;2*1-2/h2-10,15H,11H2,1H3;2*1-2H3/b17-14-;;. The number of hydrogen-bond donors (Lipinski definition) is 1. The van der Waals surface area contributed by atoms with Gasteiger partial charge in [0.15, 0.2) is 0 Å². The predicted octanol–water partition coefficient (Wildman–Crippen LogP) is 4.30. The Hall–Kier alpha value is -2.16. The van der Waals surface area contributed by atoms with Crippen LogP contribution in [0.3, 0.4) is 0 Å². The molecule has 3 heteroatoms. The zero-order valence-corrected chi connectivity index (χ0v) is 13.8. The molecule has 1 heterocycles. The van der Waals surface area contributed by atoms with Gasteiger partial charge in [-0.25, -0.2) is 0 Å². The van der Waals surface area contributed by atoms with Gasteiger partial charge in [-0.05, 0) is 17.7 Å². The van der Waals surface area contributed by atoms with Gasteiger partial charge in [0.05, 0.1) is 5.71 Å². The van der Waals surface area contributed by atoms with Crippen molar-refractivity contribution in [2.24, 2.45) is 5.10 Å². The first-order chi connectivity index (χ1) is 10.4. The minimum atomic E-state index is 0.811. The summed E-state index contributed by atoms with van der Waals surface area (Å²) in [4.78, 5) is 4.02. The van der Waals surface area contributed by atoms with Crippen molar-refractivity contribution in [3.8, 4) is 0 Å². The Kier molecular flexibility index (Phi) is 11.5. The molecule has 0 unspecified atom stereocenters. The van der Waals surface area contributed by atoms with E-state index in [1.54, 1.807) is 12.4 Å². The molecule has 114 valence electrons. The van der Waals surface area contributed by atoms with Gasteiger partial charge in [-0.3, -0.25) is 4.98 Å². The minimum Gasteiger partial charge on any atom is -0.313 e. The van der Waals surface area contributed by atoms with E-state index in [0.29, 0.717) is 0 Å². The van der Waals surface area contributed by atoms with Crippen LogP contribution in [0, 0.1) is 0 Å². The summed E-state index contributed by atoms with van der Waals surface area (Å²) < 4.78 is 0. The van der Waals surface area contributed by atoms with Gasteiger partial charge in [-0.1, -0.05) is 58.0 Å². The summed E-state index contributed by atoms with van der Waals surface area (Å²) in [5.41, 5.74) is 6.21. The lowest BCUT2D eigenvalue weighted by Crippen LogP contribution is -2.10. The normalized spacial score (nSPS) is 9.67. The van der Waals surface area contributed by atoms with E-state index < -0.39 is 0 Å². The number of nitrogens with one attached hydrogen (secondary N) is 1. The second-order valence-corrected chi connectivity index (χ2v) is 3.68. The fourth-order valence-electron chi connectivity index (χ4n) is 1.67. The van der Waals surface area contributed by atoms with Crippen LogP contribution in [0.4, 0.5) is 0 Å². The monoisotopic (exact) mass is 285 g/mol. The zero-order valence-electron chi connectivity index (χ0n) is 13.8. The van der Waals surface area contributed by atoms with Crippen LogP contribution in [-0.4, -0.2) is 17.7 Å². The second-order valence-electron chi connectivity index (χ2n) is 3.68. The molecular formula is C18H27N3.